The third-order valence-electron chi connectivity index (χ3n) is 6.35. The summed E-state index contributed by atoms with van der Waals surface area (Å²) in [6.45, 7) is 10.1. The number of amides is 1. The van der Waals surface area contributed by atoms with Gasteiger partial charge in [-0.05, 0) is 54.7 Å². The van der Waals surface area contributed by atoms with Crippen molar-refractivity contribution in [3.63, 3.8) is 0 Å². The van der Waals surface area contributed by atoms with E-state index in [1.165, 1.54) is 29.2 Å². The number of carbonyl (C=O) groups excluding carboxylic acids is 2. The van der Waals surface area contributed by atoms with Crippen molar-refractivity contribution in [2.75, 3.05) is 4.90 Å². The predicted octanol–water partition coefficient (Wildman–Crippen LogP) is 6.31. The summed E-state index contributed by atoms with van der Waals surface area (Å²) in [6.07, 6.45) is -0.0358. The minimum absolute atomic E-state index is 0.0358. The van der Waals surface area contributed by atoms with Crippen molar-refractivity contribution in [3.8, 4) is 5.75 Å². The first kappa shape index (κ1) is 26.6. The Balaban J connectivity index is 1.89. The lowest BCUT2D eigenvalue weighted by Crippen LogP contribution is -2.29. The minimum atomic E-state index is -0.944. The maximum atomic E-state index is 13.4. The molecule has 0 spiro atoms. The van der Waals surface area contributed by atoms with Crippen LogP contribution in [0.15, 0.2) is 78.4 Å². The highest BCUT2D eigenvalue weighted by atomic mass is 16.6. The van der Waals surface area contributed by atoms with Gasteiger partial charge in [0, 0.05) is 23.4 Å². The average Bonchev–Trinajstić information content (AvgIpc) is 3.13. The molecule has 8 nitrogen and oxygen atoms in total. The number of ether oxygens (including phenoxy) is 1. The molecule has 1 amide bonds. The number of rotatable bonds is 6. The fraction of sp³-hybridized carbons (Fsp3) is 0.267. The Kier molecular flexibility index (Phi) is 7.09. The van der Waals surface area contributed by atoms with Crippen LogP contribution in [-0.4, -0.2) is 27.8 Å². The highest BCUT2D eigenvalue weighted by molar-refractivity contribution is 6.51. The standard InChI is InChI=1S/C30H30N2O6/c1-18(2)38-24-15-13-22(14-16-24)31-26(19-9-11-21(12-10-19)30(3,4)5)25(28(34)29(31)35)27(33)20-7-6-8-23(17-20)32(36)37/h6-18,26,33H,1-5H3/b27-25-. The molecule has 1 fully saturated rings. The first-order chi connectivity index (χ1) is 17.9. The molecule has 1 aliphatic rings. The van der Waals surface area contributed by atoms with E-state index in [9.17, 15) is 24.8 Å². The Hall–Kier alpha value is -4.46. The van der Waals surface area contributed by atoms with Crippen LogP contribution in [0.3, 0.4) is 0 Å². The lowest BCUT2D eigenvalue weighted by molar-refractivity contribution is -0.384. The van der Waals surface area contributed by atoms with Crippen LogP contribution in [0.2, 0.25) is 0 Å². The third kappa shape index (κ3) is 5.16. The maximum Gasteiger partial charge on any atom is 0.300 e. The molecule has 3 aromatic carbocycles. The van der Waals surface area contributed by atoms with Gasteiger partial charge in [-0.15, -0.1) is 0 Å². The second kappa shape index (κ2) is 10.1. The average molecular weight is 515 g/mol. The third-order valence-corrected chi connectivity index (χ3v) is 6.35. The van der Waals surface area contributed by atoms with Crippen molar-refractivity contribution < 1.29 is 24.4 Å². The molecule has 38 heavy (non-hydrogen) atoms. The van der Waals surface area contributed by atoms with E-state index in [1.807, 2.05) is 38.1 Å². The molecule has 1 saturated heterocycles. The normalized spacial score (nSPS) is 17.2. The number of nitro groups is 1. The van der Waals surface area contributed by atoms with Crippen molar-refractivity contribution in [3.05, 3.63) is 105 Å². The largest absolute Gasteiger partial charge is 0.507 e. The topological polar surface area (TPSA) is 110 Å². The number of ketones is 1. The number of benzene rings is 3. The number of nitro benzene ring substituents is 1. The van der Waals surface area contributed by atoms with Crippen LogP contribution >= 0.6 is 0 Å². The second-order valence-corrected chi connectivity index (χ2v) is 10.5. The van der Waals surface area contributed by atoms with Crippen molar-refractivity contribution in [1.82, 2.24) is 0 Å². The van der Waals surface area contributed by atoms with Crippen molar-refractivity contribution >= 4 is 28.8 Å². The molecule has 1 unspecified atom stereocenters. The molecule has 0 aromatic heterocycles. The number of anilines is 1. The molecular formula is C30H30N2O6. The van der Waals surface area contributed by atoms with Gasteiger partial charge in [-0.3, -0.25) is 24.6 Å². The zero-order valence-electron chi connectivity index (χ0n) is 22.0. The molecule has 3 aromatic rings. The summed E-state index contributed by atoms with van der Waals surface area (Å²) in [4.78, 5) is 38.8. The lowest BCUT2D eigenvalue weighted by Gasteiger charge is -2.27. The van der Waals surface area contributed by atoms with Crippen LogP contribution in [0.5, 0.6) is 5.75 Å². The summed E-state index contributed by atoms with van der Waals surface area (Å²) in [7, 11) is 0. The molecule has 4 rings (SSSR count). The Morgan fingerprint density at radius 1 is 1.00 bits per heavy atom. The van der Waals surface area contributed by atoms with Gasteiger partial charge in [0.2, 0.25) is 0 Å². The highest BCUT2D eigenvalue weighted by Gasteiger charge is 2.47. The van der Waals surface area contributed by atoms with Gasteiger partial charge in [-0.1, -0.05) is 57.2 Å². The number of non-ortho nitro benzene ring substituents is 1. The summed E-state index contributed by atoms with van der Waals surface area (Å²) < 4.78 is 5.71. The van der Waals surface area contributed by atoms with E-state index in [0.29, 0.717) is 17.0 Å². The summed E-state index contributed by atoms with van der Waals surface area (Å²) in [5.41, 5.74) is 1.71. The first-order valence-electron chi connectivity index (χ1n) is 12.3. The van der Waals surface area contributed by atoms with Crippen LogP contribution in [0.4, 0.5) is 11.4 Å². The monoisotopic (exact) mass is 514 g/mol. The number of aliphatic hydroxyl groups is 1. The predicted molar refractivity (Wildman–Crippen MR) is 145 cm³/mol. The van der Waals surface area contributed by atoms with Gasteiger partial charge in [0.25, 0.3) is 17.4 Å². The number of nitrogens with zero attached hydrogens (tertiary/aromatic N) is 2. The Bertz CT molecular complexity index is 1420. The Labute approximate surface area is 221 Å². The number of hydrogen-bond acceptors (Lipinski definition) is 6. The summed E-state index contributed by atoms with van der Waals surface area (Å²) >= 11 is 0. The minimum Gasteiger partial charge on any atom is -0.507 e. The Morgan fingerprint density at radius 3 is 2.18 bits per heavy atom. The summed E-state index contributed by atoms with van der Waals surface area (Å²) in [5.74, 6) is -1.54. The molecule has 1 atom stereocenters. The smallest absolute Gasteiger partial charge is 0.300 e. The van der Waals surface area contributed by atoms with Crippen LogP contribution < -0.4 is 9.64 Å². The number of carbonyl (C=O) groups is 2. The van der Waals surface area contributed by atoms with E-state index in [1.54, 1.807) is 24.3 Å². The van der Waals surface area contributed by atoms with Gasteiger partial charge >= 0.3 is 0 Å². The van der Waals surface area contributed by atoms with Crippen molar-refractivity contribution in [1.29, 1.82) is 0 Å². The fourth-order valence-electron chi connectivity index (χ4n) is 4.46. The van der Waals surface area contributed by atoms with E-state index in [-0.39, 0.29) is 28.3 Å². The van der Waals surface area contributed by atoms with E-state index in [2.05, 4.69) is 20.8 Å². The first-order valence-corrected chi connectivity index (χ1v) is 12.3. The molecule has 1 heterocycles. The van der Waals surface area contributed by atoms with E-state index >= 15 is 0 Å². The molecule has 1 N–H and O–H groups in total. The Morgan fingerprint density at radius 2 is 1.63 bits per heavy atom. The van der Waals surface area contributed by atoms with Gasteiger partial charge < -0.3 is 9.84 Å². The number of hydrogen-bond donors (Lipinski definition) is 1. The fourth-order valence-corrected chi connectivity index (χ4v) is 4.46. The van der Waals surface area contributed by atoms with Gasteiger partial charge in [-0.25, -0.2) is 0 Å². The van der Waals surface area contributed by atoms with Crippen LogP contribution in [0.25, 0.3) is 5.76 Å². The van der Waals surface area contributed by atoms with Gasteiger partial charge in [0.05, 0.1) is 22.6 Å². The second-order valence-electron chi connectivity index (χ2n) is 10.5. The van der Waals surface area contributed by atoms with E-state index < -0.39 is 28.4 Å². The van der Waals surface area contributed by atoms with Crippen molar-refractivity contribution in [2.45, 2.75) is 52.2 Å². The maximum absolute atomic E-state index is 13.4. The van der Waals surface area contributed by atoms with Crippen LogP contribution in [0, 0.1) is 10.1 Å². The molecule has 8 heteroatoms. The molecule has 196 valence electrons. The zero-order chi connectivity index (χ0) is 27.8. The molecular weight excluding hydrogens is 484 g/mol. The highest BCUT2D eigenvalue weighted by Crippen LogP contribution is 2.43. The lowest BCUT2D eigenvalue weighted by atomic mass is 9.85. The zero-order valence-corrected chi connectivity index (χ0v) is 22.0. The summed E-state index contributed by atoms with van der Waals surface area (Å²) in [6, 6.07) is 18.8. The van der Waals surface area contributed by atoms with Gasteiger partial charge in [-0.2, -0.15) is 0 Å². The van der Waals surface area contributed by atoms with Crippen molar-refractivity contribution in [2.24, 2.45) is 0 Å². The molecule has 0 bridgehead atoms. The molecule has 0 radical (unpaired) electrons. The quantitative estimate of drug-likeness (QED) is 0.136. The van der Waals surface area contributed by atoms with Crippen LogP contribution in [0.1, 0.15) is 57.4 Å². The number of aliphatic hydroxyl groups excluding tert-OH is 1. The number of Topliss-reactive ketones (excluding diaryl/α,β-unsaturated/α-hetero) is 1. The SMILES string of the molecule is CC(C)Oc1ccc(N2C(=O)C(=O)/C(=C(\O)c3cccc([N+](=O)[O-])c3)C2c2ccc(C(C)(C)C)cc2)cc1. The van der Waals surface area contributed by atoms with Crippen LogP contribution in [-0.2, 0) is 15.0 Å². The molecule has 0 aliphatic carbocycles. The molecule has 0 saturated carbocycles. The summed E-state index contributed by atoms with van der Waals surface area (Å²) in [5, 5.41) is 22.6. The van der Waals surface area contributed by atoms with E-state index in [4.69, 9.17) is 4.74 Å². The van der Waals surface area contributed by atoms with Gasteiger partial charge in [0.1, 0.15) is 11.5 Å². The van der Waals surface area contributed by atoms with E-state index in [0.717, 1.165) is 5.56 Å². The molecule has 1 aliphatic heterocycles. The van der Waals surface area contributed by atoms with Gasteiger partial charge in [0.15, 0.2) is 0 Å².